The minimum Gasteiger partial charge on any atom is -0.445 e. The van der Waals surface area contributed by atoms with E-state index >= 15 is 0 Å². The van der Waals surface area contributed by atoms with E-state index in [-0.39, 0.29) is 24.3 Å². The first kappa shape index (κ1) is 18.6. The highest BCUT2D eigenvalue weighted by atomic mass is 19.1. The number of hydrogen-bond donors (Lipinski definition) is 3. The first-order valence-electron chi connectivity index (χ1n) is 7.56. The minimum absolute atomic E-state index is 0.0754. The smallest absolute Gasteiger partial charge is 0.407 e. The number of aliphatic hydroxyl groups excluding tert-OH is 2. The van der Waals surface area contributed by atoms with E-state index in [4.69, 9.17) is 4.74 Å². The molecule has 1 amide bonds. The van der Waals surface area contributed by atoms with Gasteiger partial charge < -0.3 is 20.3 Å². The standard InChI is InChI=1S/C18H18FNO5/c19-15-7-6-13(8-14(15)10-21)17(23)16(22)9-20-18(24)25-11-12-4-2-1-3-5-12/h1-8,10,16-17,22-23H,9,11H2,(H,20,24). The van der Waals surface area contributed by atoms with Crippen molar-refractivity contribution in [1.82, 2.24) is 5.32 Å². The summed E-state index contributed by atoms with van der Waals surface area (Å²) in [5.41, 5.74) is 0.750. The summed E-state index contributed by atoms with van der Waals surface area (Å²) in [6.45, 7) is -0.200. The molecule has 0 fully saturated rings. The lowest BCUT2D eigenvalue weighted by molar-refractivity contribution is 0.0183. The number of nitrogens with one attached hydrogen (secondary N) is 1. The van der Waals surface area contributed by atoms with Crippen molar-refractivity contribution in [2.75, 3.05) is 6.54 Å². The number of benzene rings is 2. The molecule has 7 heteroatoms. The third-order valence-electron chi connectivity index (χ3n) is 3.52. The summed E-state index contributed by atoms with van der Waals surface area (Å²) in [6, 6.07) is 12.5. The van der Waals surface area contributed by atoms with E-state index in [1.54, 1.807) is 12.1 Å². The van der Waals surface area contributed by atoms with Crippen LogP contribution in [0.1, 0.15) is 27.6 Å². The van der Waals surface area contributed by atoms with Gasteiger partial charge in [0.05, 0.1) is 5.56 Å². The number of carbonyl (C=O) groups excluding carboxylic acids is 2. The number of ether oxygens (including phenoxy) is 1. The van der Waals surface area contributed by atoms with Gasteiger partial charge in [0.2, 0.25) is 0 Å². The van der Waals surface area contributed by atoms with Gasteiger partial charge in [0.1, 0.15) is 24.6 Å². The van der Waals surface area contributed by atoms with Crippen LogP contribution in [0.2, 0.25) is 0 Å². The average molecular weight is 347 g/mol. The topological polar surface area (TPSA) is 95.9 Å². The molecule has 0 aliphatic heterocycles. The van der Waals surface area contributed by atoms with Crippen molar-refractivity contribution in [1.29, 1.82) is 0 Å². The fourth-order valence-electron chi connectivity index (χ4n) is 2.13. The van der Waals surface area contributed by atoms with Crippen LogP contribution in [0.5, 0.6) is 0 Å². The van der Waals surface area contributed by atoms with Crippen LogP contribution in [0, 0.1) is 5.82 Å². The lowest BCUT2D eigenvalue weighted by Gasteiger charge is -2.19. The Morgan fingerprint density at radius 2 is 1.92 bits per heavy atom. The first-order valence-corrected chi connectivity index (χ1v) is 7.56. The second kappa shape index (κ2) is 8.91. The summed E-state index contributed by atoms with van der Waals surface area (Å²) >= 11 is 0. The van der Waals surface area contributed by atoms with Crippen LogP contribution >= 0.6 is 0 Å². The fraction of sp³-hybridized carbons (Fsp3) is 0.222. The fourth-order valence-corrected chi connectivity index (χ4v) is 2.13. The highest BCUT2D eigenvalue weighted by molar-refractivity contribution is 5.75. The first-order chi connectivity index (χ1) is 12.0. The molecule has 2 unspecified atom stereocenters. The van der Waals surface area contributed by atoms with E-state index < -0.39 is 24.1 Å². The molecule has 0 saturated carbocycles. The number of aldehydes is 1. The zero-order valence-electron chi connectivity index (χ0n) is 13.3. The third-order valence-corrected chi connectivity index (χ3v) is 3.52. The van der Waals surface area contributed by atoms with Gasteiger partial charge >= 0.3 is 6.09 Å². The van der Waals surface area contributed by atoms with Crippen molar-refractivity contribution in [3.05, 3.63) is 71.0 Å². The van der Waals surface area contributed by atoms with Crippen LogP contribution in [0.3, 0.4) is 0 Å². The summed E-state index contributed by atoms with van der Waals surface area (Å²) in [6.07, 6.45) is -3.18. The van der Waals surface area contributed by atoms with E-state index in [0.29, 0.717) is 6.29 Å². The number of aliphatic hydroxyl groups is 2. The largest absolute Gasteiger partial charge is 0.445 e. The quantitative estimate of drug-likeness (QED) is 0.666. The SMILES string of the molecule is O=Cc1cc(C(O)C(O)CNC(=O)OCc2ccccc2)ccc1F. The van der Waals surface area contributed by atoms with Gasteiger partial charge in [-0.3, -0.25) is 4.79 Å². The Hall–Kier alpha value is -2.77. The number of amides is 1. The predicted molar refractivity (Wildman–Crippen MR) is 87.4 cm³/mol. The molecule has 2 rings (SSSR count). The molecule has 6 nitrogen and oxygen atoms in total. The van der Waals surface area contributed by atoms with Crippen LogP contribution in [0.25, 0.3) is 0 Å². The molecule has 132 valence electrons. The van der Waals surface area contributed by atoms with Gasteiger partial charge in [-0.2, -0.15) is 0 Å². The van der Waals surface area contributed by atoms with Crippen LogP contribution in [-0.4, -0.2) is 35.2 Å². The van der Waals surface area contributed by atoms with E-state index in [1.807, 2.05) is 18.2 Å². The Labute approximate surface area is 143 Å². The van der Waals surface area contributed by atoms with Gasteiger partial charge in [0.15, 0.2) is 6.29 Å². The Bertz CT molecular complexity index is 723. The molecule has 2 aromatic rings. The van der Waals surface area contributed by atoms with Gasteiger partial charge in [-0.25, -0.2) is 9.18 Å². The van der Waals surface area contributed by atoms with E-state index in [2.05, 4.69) is 5.32 Å². The highest BCUT2D eigenvalue weighted by Gasteiger charge is 2.20. The zero-order valence-corrected chi connectivity index (χ0v) is 13.3. The summed E-state index contributed by atoms with van der Waals surface area (Å²) in [5, 5.41) is 22.3. The Kier molecular flexibility index (Phi) is 6.62. The van der Waals surface area contributed by atoms with Gasteiger partial charge in [0, 0.05) is 6.54 Å². The van der Waals surface area contributed by atoms with Gasteiger partial charge in [-0.1, -0.05) is 36.4 Å². The summed E-state index contributed by atoms with van der Waals surface area (Å²) < 4.78 is 18.2. The Morgan fingerprint density at radius 3 is 2.60 bits per heavy atom. The maximum Gasteiger partial charge on any atom is 0.407 e. The van der Waals surface area contributed by atoms with Crippen molar-refractivity contribution < 1.29 is 28.9 Å². The molecule has 0 aliphatic rings. The molecular weight excluding hydrogens is 329 g/mol. The van der Waals surface area contributed by atoms with Crippen molar-refractivity contribution in [2.24, 2.45) is 0 Å². The summed E-state index contributed by atoms with van der Waals surface area (Å²) in [7, 11) is 0. The molecule has 0 heterocycles. The molecule has 3 N–H and O–H groups in total. The lowest BCUT2D eigenvalue weighted by Crippen LogP contribution is -2.35. The molecule has 25 heavy (non-hydrogen) atoms. The van der Waals surface area contributed by atoms with E-state index in [1.165, 1.54) is 6.07 Å². The van der Waals surface area contributed by atoms with Crippen molar-refractivity contribution >= 4 is 12.4 Å². The zero-order chi connectivity index (χ0) is 18.2. The van der Waals surface area contributed by atoms with Crippen molar-refractivity contribution in [3.8, 4) is 0 Å². The van der Waals surface area contributed by atoms with Gasteiger partial charge in [-0.05, 0) is 23.3 Å². The number of carbonyl (C=O) groups is 2. The summed E-state index contributed by atoms with van der Waals surface area (Å²) in [5.74, 6) is -0.719. The minimum atomic E-state index is -1.39. The molecule has 2 aromatic carbocycles. The van der Waals surface area contributed by atoms with E-state index in [9.17, 15) is 24.2 Å². The molecule has 0 radical (unpaired) electrons. The lowest BCUT2D eigenvalue weighted by atomic mass is 10.0. The van der Waals surface area contributed by atoms with Crippen LogP contribution in [0.15, 0.2) is 48.5 Å². The van der Waals surface area contributed by atoms with Crippen molar-refractivity contribution in [2.45, 2.75) is 18.8 Å². The van der Waals surface area contributed by atoms with E-state index in [0.717, 1.165) is 17.7 Å². The second-order valence-corrected chi connectivity index (χ2v) is 5.35. The highest BCUT2D eigenvalue weighted by Crippen LogP contribution is 2.19. The van der Waals surface area contributed by atoms with Crippen LogP contribution in [-0.2, 0) is 11.3 Å². The monoisotopic (exact) mass is 347 g/mol. The third kappa shape index (κ3) is 5.37. The molecule has 2 atom stereocenters. The molecule has 0 saturated heterocycles. The van der Waals surface area contributed by atoms with Crippen molar-refractivity contribution in [3.63, 3.8) is 0 Å². The average Bonchev–Trinajstić information content (AvgIpc) is 2.65. The Morgan fingerprint density at radius 1 is 1.20 bits per heavy atom. The maximum absolute atomic E-state index is 13.3. The van der Waals surface area contributed by atoms with Gasteiger partial charge in [0.25, 0.3) is 0 Å². The normalized spacial score (nSPS) is 12.9. The number of halogens is 1. The molecule has 0 spiro atoms. The molecule has 0 aromatic heterocycles. The molecule has 0 aliphatic carbocycles. The van der Waals surface area contributed by atoms with Crippen LogP contribution < -0.4 is 5.32 Å². The van der Waals surface area contributed by atoms with Crippen LogP contribution in [0.4, 0.5) is 9.18 Å². The van der Waals surface area contributed by atoms with Gasteiger partial charge in [-0.15, -0.1) is 0 Å². The number of rotatable bonds is 7. The summed E-state index contributed by atoms with van der Waals surface area (Å²) in [4.78, 5) is 22.3. The molecule has 0 bridgehead atoms. The Balaban J connectivity index is 1.83. The number of hydrogen-bond acceptors (Lipinski definition) is 5. The number of alkyl carbamates (subject to hydrolysis) is 1. The molecular formula is C18H18FNO5. The second-order valence-electron chi connectivity index (χ2n) is 5.35. The maximum atomic E-state index is 13.3. The predicted octanol–water partition coefficient (Wildman–Crippen LogP) is 1.96.